The molecule has 7 heteroatoms. The van der Waals surface area contributed by atoms with E-state index in [4.69, 9.17) is 5.11 Å². The van der Waals surface area contributed by atoms with Crippen molar-refractivity contribution in [2.45, 2.75) is 117 Å². The molecule has 0 saturated carbocycles. The Balaban J connectivity index is -0.000000604. The molecule has 0 heterocycles. The summed E-state index contributed by atoms with van der Waals surface area (Å²) in [5.41, 5.74) is 0. The van der Waals surface area contributed by atoms with Crippen molar-refractivity contribution in [1.82, 2.24) is 0 Å². The third-order valence-corrected chi connectivity index (χ3v) is 4.64. The molecular weight excluding hydrogens is 407 g/mol. The Morgan fingerprint density at radius 3 is 1.42 bits per heavy atom. The average molecular weight is 451 g/mol. The van der Waals surface area contributed by atoms with Crippen LogP contribution in [0.25, 0.3) is 0 Å². The van der Waals surface area contributed by atoms with E-state index in [0.29, 0.717) is 12.5 Å². The maximum Gasteiger partial charge on any atom is 1.00 e. The molecule has 0 aromatic heterocycles. The van der Waals surface area contributed by atoms with E-state index in [-0.39, 0.29) is 36.2 Å². The quantitative estimate of drug-likeness (QED) is 0.140. The number of carboxylic acids is 2. The summed E-state index contributed by atoms with van der Waals surface area (Å²) in [6.07, 6.45) is 21.6. The molecule has 0 aliphatic carbocycles. The minimum absolute atomic E-state index is 0. The number of carbonyl (C=O) groups is 3. The zero-order valence-corrected chi connectivity index (χ0v) is 22.2. The number of carboxylic acid groups (broad SMARTS) is 2. The Hall–Kier alpha value is -0.850. The fourth-order valence-electron chi connectivity index (χ4n) is 2.97. The summed E-state index contributed by atoms with van der Waals surface area (Å²) in [5.74, 6) is -2.74. The largest absolute Gasteiger partial charge is 1.00 e. The smallest absolute Gasteiger partial charge is 0.545 e. The van der Waals surface area contributed by atoms with Crippen LogP contribution in [-0.2, 0) is 19.1 Å². The molecule has 176 valence electrons. The average Bonchev–Trinajstić information content (AvgIpc) is 2.70. The minimum Gasteiger partial charge on any atom is -0.545 e. The van der Waals surface area contributed by atoms with E-state index < -0.39 is 17.9 Å². The second-order valence-corrected chi connectivity index (χ2v) is 7.50. The zero-order valence-electron chi connectivity index (χ0n) is 20.2. The number of ether oxygens (including phenoxy) is 1. The summed E-state index contributed by atoms with van der Waals surface area (Å²) in [6.45, 7) is 4.13. The van der Waals surface area contributed by atoms with E-state index in [1.807, 2.05) is 0 Å². The van der Waals surface area contributed by atoms with E-state index in [0.717, 1.165) is 18.9 Å². The van der Waals surface area contributed by atoms with Gasteiger partial charge in [-0.2, -0.15) is 0 Å². The molecule has 31 heavy (non-hydrogen) atoms. The van der Waals surface area contributed by atoms with Crippen molar-refractivity contribution in [2.75, 3.05) is 6.61 Å². The van der Waals surface area contributed by atoms with Crippen LogP contribution in [0, 0.1) is 0 Å². The predicted molar refractivity (Wildman–Crippen MR) is 118 cm³/mol. The second kappa shape index (κ2) is 29.1. The van der Waals surface area contributed by atoms with Crippen LogP contribution in [0.4, 0.5) is 0 Å². The molecule has 0 atom stereocenters. The SMILES string of the molecule is CCCCCCCCCCCCCCCCCC(=O)O.CCOC(=O)/C=C/C(=O)[O-].[Na+]. The number of hydrogen-bond acceptors (Lipinski definition) is 5. The topological polar surface area (TPSA) is 104 Å². The molecule has 0 radical (unpaired) electrons. The summed E-state index contributed by atoms with van der Waals surface area (Å²) in [7, 11) is 0. The van der Waals surface area contributed by atoms with Gasteiger partial charge in [-0.1, -0.05) is 96.8 Å². The van der Waals surface area contributed by atoms with Gasteiger partial charge < -0.3 is 19.7 Å². The van der Waals surface area contributed by atoms with Gasteiger partial charge in [-0.25, -0.2) is 4.79 Å². The van der Waals surface area contributed by atoms with Gasteiger partial charge in [-0.3, -0.25) is 4.79 Å². The van der Waals surface area contributed by atoms with Crippen LogP contribution in [-0.4, -0.2) is 29.6 Å². The molecule has 1 N–H and O–H groups in total. The van der Waals surface area contributed by atoms with E-state index in [1.54, 1.807) is 6.92 Å². The van der Waals surface area contributed by atoms with E-state index in [2.05, 4.69) is 11.7 Å². The van der Waals surface area contributed by atoms with Crippen molar-refractivity contribution >= 4 is 17.9 Å². The molecule has 0 spiro atoms. The van der Waals surface area contributed by atoms with Crippen LogP contribution in [0.5, 0.6) is 0 Å². The van der Waals surface area contributed by atoms with Crippen molar-refractivity contribution in [3.8, 4) is 0 Å². The van der Waals surface area contributed by atoms with Gasteiger partial charge in [-0.15, -0.1) is 0 Å². The fourth-order valence-corrected chi connectivity index (χ4v) is 2.97. The van der Waals surface area contributed by atoms with Crippen molar-refractivity contribution in [2.24, 2.45) is 0 Å². The van der Waals surface area contributed by atoms with Crippen LogP contribution >= 0.6 is 0 Å². The van der Waals surface area contributed by atoms with Gasteiger partial charge in [0.25, 0.3) is 0 Å². The van der Waals surface area contributed by atoms with Crippen LogP contribution in [0.15, 0.2) is 12.2 Å². The van der Waals surface area contributed by atoms with Gasteiger partial charge in [0.2, 0.25) is 0 Å². The first-order valence-electron chi connectivity index (χ1n) is 11.7. The Labute approximate surface area is 211 Å². The Morgan fingerprint density at radius 1 is 0.710 bits per heavy atom. The molecule has 0 saturated heterocycles. The number of rotatable bonds is 19. The van der Waals surface area contributed by atoms with Crippen LogP contribution < -0.4 is 34.7 Å². The zero-order chi connectivity index (χ0) is 22.9. The van der Waals surface area contributed by atoms with Crippen molar-refractivity contribution in [3.05, 3.63) is 12.2 Å². The van der Waals surface area contributed by atoms with Crippen molar-refractivity contribution in [3.63, 3.8) is 0 Å². The molecule has 0 aliphatic heterocycles. The molecule has 0 aliphatic rings. The molecular formula is C24H43NaO6. The molecule has 0 unspecified atom stereocenters. The van der Waals surface area contributed by atoms with Crippen LogP contribution in [0.3, 0.4) is 0 Å². The molecule has 0 bridgehead atoms. The number of carbonyl (C=O) groups excluding carboxylic acids is 2. The van der Waals surface area contributed by atoms with E-state index in [1.165, 1.54) is 83.5 Å². The monoisotopic (exact) mass is 450 g/mol. The number of aliphatic carboxylic acids is 2. The summed E-state index contributed by atoms with van der Waals surface area (Å²) in [4.78, 5) is 30.4. The summed E-state index contributed by atoms with van der Waals surface area (Å²) in [6, 6.07) is 0. The number of esters is 1. The van der Waals surface area contributed by atoms with Crippen LogP contribution in [0.2, 0.25) is 0 Å². The standard InChI is InChI=1S/C18H36O2.C6H8O4.Na/c1-2-3-4-5-6-7-8-9-10-11-12-13-14-15-16-17-18(19)20;1-2-10-6(9)4-3-5(7)8;/h2-17H2,1H3,(H,19,20);3-4H,2H2,1H3,(H,7,8);/q;;+1/p-1/b;4-3+;. The van der Waals surface area contributed by atoms with Gasteiger partial charge in [-0.05, 0) is 19.4 Å². The van der Waals surface area contributed by atoms with Gasteiger partial charge >= 0.3 is 41.5 Å². The fraction of sp³-hybridized carbons (Fsp3) is 0.792. The normalized spacial score (nSPS) is 10.1. The number of hydrogen-bond donors (Lipinski definition) is 1. The first-order chi connectivity index (χ1) is 14.4. The van der Waals surface area contributed by atoms with Crippen molar-refractivity contribution < 1.29 is 58.9 Å². The summed E-state index contributed by atoms with van der Waals surface area (Å²) in [5, 5.41) is 18.2. The van der Waals surface area contributed by atoms with Gasteiger partial charge in [0.05, 0.1) is 12.6 Å². The van der Waals surface area contributed by atoms with Gasteiger partial charge in [0, 0.05) is 12.5 Å². The Morgan fingerprint density at radius 2 is 1.10 bits per heavy atom. The molecule has 0 rings (SSSR count). The second-order valence-electron chi connectivity index (χ2n) is 7.50. The van der Waals surface area contributed by atoms with Crippen LogP contribution in [0.1, 0.15) is 117 Å². The summed E-state index contributed by atoms with van der Waals surface area (Å²) < 4.78 is 4.38. The Bertz CT molecular complexity index is 451. The molecule has 0 amide bonds. The minimum atomic E-state index is -1.41. The first-order valence-corrected chi connectivity index (χ1v) is 11.7. The van der Waals surface area contributed by atoms with E-state index >= 15 is 0 Å². The Kier molecular flexibility index (Phi) is 32.7. The van der Waals surface area contributed by atoms with Gasteiger partial charge in [0.1, 0.15) is 0 Å². The molecule has 0 aromatic carbocycles. The van der Waals surface area contributed by atoms with Gasteiger partial charge in [0.15, 0.2) is 0 Å². The molecule has 0 fully saturated rings. The maximum absolute atomic E-state index is 10.3. The molecule has 0 aromatic rings. The summed E-state index contributed by atoms with van der Waals surface area (Å²) >= 11 is 0. The maximum atomic E-state index is 10.3. The third-order valence-electron chi connectivity index (χ3n) is 4.64. The number of unbranched alkanes of at least 4 members (excludes halogenated alkanes) is 14. The van der Waals surface area contributed by atoms with E-state index in [9.17, 15) is 19.5 Å². The third kappa shape index (κ3) is 36.8. The molecule has 6 nitrogen and oxygen atoms in total. The predicted octanol–water partition coefficient (Wildman–Crippen LogP) is 2.19. The van der Waals surface area contributed by atoms with Crippen molar-refractivity contribution in [1.29, 1.82) is 0 Å². The first kappa shape index (κ1) is 34.8.